The number of rotatable bonds is 6. The molecule has 1 aromatic heterocycles. The largest absolute Gasteiger partial charge is 0.328 e. The number of hydrogen-bond acceptors (Lipinski definition) is 3. The molecule has 29 heavy (non-hydrogen) atoms. The zero-order chi connectivity index (χ0) is 20.5. The molecule has 1 aliphatic carbocycles. The molecule has 0 unspecified atom stereocenters. The van der Waals surface area contributed by atoms with Gasteiger partial charge in [-0.05, 0) is 56.5 Å². The summed E-state index contributed by atoms with van der Waals surface area (Å²) in [7, 11) is 0. The van der Waals surface area contributed by atoms with Crippen LogP contribution in [0.1, 0.15) is 40.2 Å². The highest BCUT2D eigenvalue weighted by Gasteiger charge is 2.37. The fraction of sp³-hybridized carbons (Fsp3) is 0.261. The van der Waals surface area contributed by atoms with Crippen LogP contribution in [0.25, 0.3) is 5.69 Å². The minimum absolute atomic E-state index is 0.0567. The van der Waals surface area contributed by atoms with Crippen LogP contribution >= 0.6 is 0 Å². The first-order chi connectivity index (χ1) is 14.0. The summed E-state index contributed by atoms with van der Waals surface area (Å²) in [4.78, 5) is 27.9. The van der Waals surface area contributed by atoms with Crippen LogP contribution in [0.5, 0.6) is 0 Å². The van der Waals surface area contributed by atoms with Crippen molar-refractivity contribution in [3.8, 4) is 5.69 Å². The molecule has 0 spiro atoms. The van der Waals surface area contributed by atoms with E-state index >= 15 is 0 Å². The molecule has 1 heterocycles. The van der Waals surface area contributed by atoms with E-state index in [1.165, 1.54) is 12.1 Å². The van der Waals surface area contributed by atoms with Crippen LogP contribution in [-0.4, -0.2) is 32.4 Å². The number of Topliss-reactive ketones (excluding diaryl/α,β-unsaturated/α-hetero) is 1. The third-order valence-corrected chi connectivity index (χ3v) is 5.23. The second-order valence-corrected chi connectivity index (χ2v) is 7.41. The van der Waals surface area contributed by atoms with Crippen molar-refractivity contribution in [2.24, 2.45) is 0 Å². The number of carbonyl (C=O) groups excluding carboxylic acids is 2. The molecule has 1 saturated carbocycles. The van der Waals surface area contributed by atoms with Gasteiger partial charge in [-0.2, -0.15) is 5.10 Å². The highest BCUT2D eigenvalue weighted by atomic mass is 19.1. The Balaban J connectivity index is 1.62. The fourth-order valence-corrected chi connectivity index (χ4v) is 3.57. The van der Waals surface area contributed by atoms with Crippen molar-refractivity contribution in [2.75, 3.05) is 0 Å². The van der Waals surface area contributed by atoms with Crippen LogP contribution in [0.3, 0.4) is 0 Å². The van der Waals surface area contributed by atoms with Gasteiger partial charge in [0.05, 0.1) is 22.6 Å². The van der Waals surface area contributed by atoms with E-state index < -0.39 is 11.7 Å². The summed E-state index contributed by atoms with van der Waals surface area (Å²) in [6.45, 7) is 3.84. The van der Waals surface area contributed by atoms with Crippen LogP contribution in [0.2, 0.25) is 0 Å². The summed E-state index contributed by atoms with van der Waals surface area (Å²) in [5.41, 5.74) is 3.16. The van der Waals surface area contributed by atoms with E-state index in [-0.39, 0.29) is 11.9 Å². The van der Waals surface area contributed by atoms with E-state index in [9.17, 15) is 14.0 Å². The standard InChI is InChI=1S/C23H22FN3O2/c1-15-21(16(2)27(25-15)20-6-4-3-5-7-20)22(28)23(29)26(19-12-13-19)14-17-8-10-18(24)11-9-17/h3-11,19H,12-14H2,1-2H3. The molecule has 2 aromatic carbocycles. The number of aryl methyl sites for hydroxylation is 1. The molecular weight excluding hydrogens is 369 g/mol. The van der Waals surface area contributed by atoms with Gasteiger partial charge in [0.1, 0.15) is 5.82 Å². The first-order valence-electron chi connectivity index (χ1n) is 9.67. The molecule has 6 heteroatoms. The van der Waals surface area contributed by atoms with E-state index in [1.54, 1.807) is 35.6 Å². The molecular formula is C23H22FN3O2. The molecule has 1 aliphatic rings. The van der Waals surface area contributed by atoms with Gasteiger partial charge in [-0.1, -0.05) is 30.3 Å². The zero-order valence-corrected chi connectivity index (χ0v) is 16.4. The minimum atomic E-state index is -0.545. The van der Waals surface area contributed by atoms with Crippen molar-refractivity contribution < 1.29 is 14.0 Å². The SMILES string of the molecule is Cc1nn(-c2ccccc2)c(C)c1C(=O)C(=O)N(Cc1ccc(F)cc1)C1CC1. The Kier molecular flexibility index (Phi) is 5.01. The predicted molar refractivity (Wildman–Crippen MR) is 107 cm³/mol. The number of nitrogens with zero attached hydrogens (tertiary/aromatic N) is 3. The summed E-state index contributed by atoms with van der Waals surface area (Å²) in [6, 6.07) is 15.6. The zero-order valence-electron chi connectivity index (χ0n) is 16.4. The molecule has 1 fully saturated rings. The summed E-state index contributed by atoms with van der Waals surface area (Å²) >= 11 is 0. The van der Waals surface area contributed by atoms with E-state index in [0.29, 0.717) is 23.5 Å². The number of halogens is 1. The second-order valence-electron chi connectivity index (χ2n) is 7.41. The van der Waals surface area contributed by atoms with Gasteiger partial charge < -0.3 is 4.90 Å². The van der Waals surface area contributed by atoms with Gasteiger partial charge in [0.25, 0.3) is 11.7 Å². The molecule has 0 atom stereocenters. The average molecular weight is 391 g/mol. The predicted octanol–water partition coefficient (Wildman–Crippen LogP) is 4.00. The lowest BCUT2D eigenvalue weighted by molar-refractivity contribution is -0.127. The van der Waals surface area contributed by atoms with Gasteiger partial charge in [0.15, 0.2) is 0 Å². The third kappa shape index (κ3) is 3.83. The number of benzene rings is 2. The van der Waals surface area contributed by atoms with E-state index in [0.717, 1.165) is 24.1 Å². The Morgan fingerprint density at radius 1 is 1.07 bits per heavy atom. The first-order valence-corrected chi connectivity index (χ1v) is 9.67. The lowest BCUT2D eigenvalue weighted by atomic mass is 10.1. The van der Waals surface area contributed by atoms with Gasteiger partial charge >= 0.3 is 0 Å². The van der Waals surface area contributed by atoms with Crippen molar-refractivity contribution in [1.29, 1.82) is 0 Å². The Labute approximate surface area is 168 Å². The van der Waals surface area contributed by atoms with Gasteiger partial charge in [0, 0.05) is 12.6 Å². The van der Waals surface area contributed by atoms with Crippen LogP contribution in [0.15, 0.2) is 54.6 Å². The molecule has 0 N–H and O–H groups in total. The Morgan fingerprint density at radius 3 is 2.34 bits per heavy atom. The Bertz CT molecular complexity index is 1050. The molecule has 5 nitrogen and oxygen atoms in total. The summed E-state index contributed by atoms with van der Waals surface area (Å²) in [5, 5.41) is 4.48. The van der Waals surface area contributed by atoms with Crippen LogP contribution in [0.4, 0.5) is 4.39 Å². The molecule has 0 aliphatic heterocycles. The maximum absolute atomic E-state index is 13.2. The molecule has 3 aromatic rings. The van der Waals surface area contributed by atoms with Crippen molar-refractivity contribution in [3.63, 3.8) is 0 Å². The summed E-state index contributed by atoms with van der Waals surface area (Å²) < 4.78 is 14.9. The van der Waals surface area contributed by atoms with E-state index in [4.69, 9.17) is 0 Å². The number of amides is 1. The highest BCUT2D eigenvalue weighted by Crippen LogP contribution is 2.30. The first kappa shape index (κ1) is 19.1. The Hall–Kier alpha value is -3.28. The molecule has 0 radical (unpaired) electrons. The lowest BCUT2D eigenvalue weighted by Gasteiger charge is -2.22. The monoisotopic (exact) mass is 391 g/mol. The highest BCUT2D eigenvalue weighted by molar-refractivity contribution is 6.43. The number of para-hydroxylation sites is 1. The molecule has 4 rings (SSSR count). The number of carbonyl (C=O) groups is 2. The van der Waals surface area contributed by atoms with Crippen molar-refractivity contribution in [2.45, 2.75) is 39.3 Å². The Morgan fingerprint density at radius 2 is 1.72 bits per heavy atom. The molecule has 0 saturated heterocycles. The minimum Gasteiger partial charge on any atom is -0.328 e. The maximum Gasteiger partial charge on any atom is 0.295 e. The van der Waals surface area contributed by atoms with E-state index in [2.05, 4.69) is 5.10 Å². The number of ketones is 1. The van der Waals surface area contributed by atoms with E-state index in [1.807, 2.05) is 30.3 Å². The van der Waals surface area contributed by atoms with Gasteiger partial charge in [-0.25, -0.2) is 9.07 Å². The normalized spacial score (nSPS) is 13.3. The van der Waals surface area contributed by atoms with Gasteiger partial charge in [0.2, 0.25) is 0 Å². The molecule has 148 valence electrons. The maximum atomic E-state index is 13.2. The topological polar surface area (TPSA) is 55.2 Å². The van der Waals surface area contributed by atoms with Gasteiger partial charge in [-0.15, -0.1) is 0 Å². The van der Waals surface area contributed by atoms with Crippen molar-refractivity contribution in [3.05, 3.63) is 82.9 Å². The van der Waals surface area contributed by atoms with Crippen LogP contribution in [-0.2, 0) is 11.3 Å². The quantitative estimate of drug-likeness (QED) is 0.471. The van der Waals surface area contributed by atoms with Crippen LogP contribution in [0, 0.1) is 19.7 Å². The molecule has 0 bridgehead atoms. The van der Waals surface area contributed by atoms with Gasteiger partial charge in [-0.3, -0.25) is 9.59 Å². The lowest BCUT2D eigenvalue weighted by Crippen LogP contribution is -2.38. The van der Waals surface area contributed by atoms with Crippen molar-refractivity contribution in [1.82, 2.24) is 14.7 Å². The smallest absolute Gasteiger partial charge is 0.295 e. The summed E-state index contributed by atoms with van der Waals surface area (Å²) in [5.74, 6) is -1.40. The number of aromatic nitrogens is 2. The second kappa shape index (κ2) is 7.62. The summed E-state index contributed by atoms with van der Waals surface area (Å²) in [6.07, 6.45) is 1.75. The third-order valence-electron chi connectivity index (χ3n) is 5.23. The van der Waals surface area contributed by atoms with Crippen LogP contribution < -0.4 is 0 Å². The fourth-order valence-electron chi connectivity index (χ4n) is 3.57. The number of hydrogen-bond donors (Lipinski definition) is 0. The molecule has 1 amide bonds. The van der Waals surface area contributed by atoms with Crippen molar-refractivity contribution >= 4 is 11.7 Å². The average Bonchev–Trinajstić information content (AvgIpc) is 3.52.